The summed E-state index contributed by atoms with van der Waals surface area (Å²) in [5, 5.41) is 23.5. The number of halogens is 1. The second-order valence-electron chi connectivity index (χ2n) is 6.37. The quantitative estimate of drug-likeness (QED) is 0.263. The van der Waals surface area contributed by atoms with Crippen molar-refractivity contribution in [2.45, 2.75) is 6.92 Å². The molecule has 0 aliphatic carbocycles. The van der Waals surface area contributed by atoms with Crippen LogP contribution in [-0.4, -0.2) is 16.1 Å². The largest absolute Gasteiger partial charge is 0.872 e. The Kier molecular flexibility index (Phi) is 4.74. The van der Waals surface area contributed by atoms with Crippen molar-refractivity contribution in [1.82, 2.24) is 4.98 Å². The molecule has 4 aromatic rings. The van der Waals surface area contributed by atoms with Crippen molar-refractivity contribution < 1.29 is 14.4 Å². The summed E-state index contributed by atoms with van der Waals surface area (Å²) in [6.45, 7) is 1.87. The molecule has 7 nitrogen and oxygen atoms in total. The van der Waals surface area contributed by atoms with Gasteiger partial charge < -0.3 is 9.52 Å². The van der Waals surface area contributed by atoms with E-state index in [2.05, 4.69) is 9.98 Å². The van der Waals surface area contributed by atoms with Crippen molar-refractivity contribution in [2.24, 2.45) is 4.99 Å². The molecule has 8 heteroatoms. The normalized spacial score (nSPS) is 11.4. The van der Waals surface area contributed by atoms with Crippen molar-refractivity contribution in [1.29, 1.82) is 0 Å². The SMILES string of the molecule is Cc1ccc(-c2nc3cc(Cl)ccc3o2)cc1N=Cc1cc([N+](=O)[O-])ccc1[O-]. The number of aromatic nitrogens is 1. The molecule has 144 valence electrons. The number of nitro groups is 1. The van der Waals surface area contributed by atoms with Crippen molar-refractivity contribution in [2.75, 3.05) is 0 Å². The third kappa shape index (κ3) is 3.81. The lowest BCUT2D eigenvalue weighted by Crippen LogP contribution is -1.98. The predicted octanol–water partition coefficient (Wildman–Crippen LogP) is 5.19. The summed E-state index contributed by atoms with van der Waals surface area (Å²) < 4.78 is 5.78. The van der Waals surface area contributed by atoms with E-state index in [1.807, 2.05) is 19.1 Å². The number of rotatable bonds is 4. The molecule has 1 heterocycles. The fourth-order valence-corrected chi connectivity index (χ4v) is 2.96. The minimum absolute atomic E-state index is 0.139. The van der Waals surface area contributed by atoms with E-state index in [0.29, 0.717) is 33.3 Å². The fraction of sp³-hybridized carbons (Fsp3) is 0.0476. The number of non-ortho nitro benzene ring substituents is 1. The molecule has 0 saturated carbocycles. The van der Waals surface area contributed by atoms with Crippen molar-refractivity contribution in [3.05, 3.63) is 80.9 Å². The molecule has 0 bridgehead atoms. The number of aliphatic imine (C=N–C) groups is 1. The van der Waals surface area contributed by atoms with E-state index in [1.165, 1.54) is 18.3 Å². The number of benzene rings is 3. The molecular weight excluding hydrogens is 394 g/mol. The molecule has 0 atom stereocenters. The Balaban J connectivity index is 1.71. The Morgan fingerprint density at radius 1 is 1.14 bits per heavy atom. The maximum absolute atomic E-state index is 12.0. The van der Waals surface area contributed by atoms with Gasteiger partial charge in [-0.1, -0.05) is 29.5 Å². The summed E-state index contributed by atoms with van der Waals surface area (Å²) in [4.78, 5) is 19.2. The van der Waals surface area contributed by atoms with Gasteiger partial charge in [0.1, 0.15) is 5.52 Å². The van der Waals surface area contributed by atoms with Gasteiger partial charge in [0, 0.05) is 28.9 Å². The Bertz CT molecular complexity index is 1280. The summed E-state index contributed by atoms with van der Waals surface area (Å²) in [6.07, 6.45) is 1.33. The smallest absolute Gasteiger partial charge is 0.270 e. The van der Waals surface area contributed by atoms with Gasteiger partial charge in [-0.05, 0) is 48.4 Å². The van der Waals surface area contributed by atoms with Gasteiger partial charge in [-0.3, -0.25) is 15.1 Å². The zero-order chi connectivity index (χ0) is 20.5. The van der Waals surface area contributed by atoms with Gasteiger partial charge in [-0.15, -0.1) is 0 Å². The first-order chi connectivity index (χ1) is 13.9. The first-order valence-electron chi connectivity index (χ1n) is 8.57. The lowest BCUT2D eigenvalue weighted by Gasteiger charge is -2.09. The highest BCUT2D eigenvalue weighted by atomic mass is 35.5. The molecular formula is C21H13ClN3O4-. The van der Waals surface area contributed by atoms with Gasteiger partial charge in [0.05, 0.1) is 10.6 Å². The number of fused-ring (bicyclic) bond motifs is 1. The van der Waals surface area contributed by atoms with Crippen LogP contribution in [0.1, 0.15) is 11.1 Å². The highest BCUT2D eigenvalue weighted by Gasteiger charge is 2.11. The van der Waals surface area contributed by atoms with E-state index in [-0.39, 0.29) is 17.0 Å². The average molecular weight is 407 g/mol. The van der Waals surface area contributed by atoms with Crippen LogP contribution in [0.5, 0.6) is 5.75 Å². The first-order valence-corrected chi connectivity index (χ1v) is 8.95. The van der Waals surface area contributed by atoms with Gasteiger partial charge >= 0.3 is 0 Å². The summed E-state index contributed by atoms with van der Waals surface area (Å²) >= 11 is 5.99. The summed E-state index contributed by atoms with van der Waals surface area (Å²) in [5.74, 6) is 0.0718. The number of aryl methyl sites for hydroxylation is 1. The minimum atomic E-state index is -0.553. The van der Waals surface area contributed by atoms with Gasteiger partial charge in [-0.25, -0.2) is 4.98 Å². The molecule has 0 unspecified atom stereocenters. The standard InChI is InChI=1S/C21H14ClN3O4/c1-12-2-3-13(21-24-18-10-15(22)4-7-20(18)29-21)9-17(12)23-11-14-8-16(25(27)28)5-6-19(14)26/h2-11,26H,1H3/p-1. The summed E-state index contributed by atoms with van der Waals surface area (Å²) in [6, 6.07) is 14.2. The van der Waals surface area contributed by atoms with Crippen molar-refractivity contribution in [3.8, 4) is 17.2 Å². The highest BCUT2D eigenvalue weighted by Crippen LogP contribution is 2.30. The lowest BCUT2D eigenvalue weighted by atomic mass is 10.1. The molecule has 3 aromatic carbocycles. The van der Waals surface area contributed by atoms with Gasteiger partial charge in [0.25, 0.3) is 5.69 Å². The number of hydrogen-bond donors (Lipinski definition) is 0. The Morgan fingerprint density at radius 2 is 1.97 bits per heavy atom. The monoisotopic (exact) mass is 406 g/mol. The van der Waals surface area contributed by atoms with E-state index in [0.717, 1.165) is 11.6 Å². The number of hydrogen-bond acceptors (Lipinski definition) is 6. The molecule has 0 radical (unpaired) electrons. The van der Waals surface area contributed by atoms with Crippen LogP contribution >= 0.6 is 11.6 Å². The molecule has 0 amide bonds. The van der Waals surface area contributed by atoms with Crippen LogP contribution in [0.15, 0.2) is 64.0 Å². The second kappa shape index (κ2) is 7.37. The number of nitro benzene ring substituents is 1. The molecule has 0 spiro atoms. The molecule has 0 aliphatic rings. The van der Waals surface area contributed by atoms with Crippen LogP contribution in [-0.2, 0) is 0 Å². The molecule has 0 saturated heterocycles. The lowest BCUT2D eigenvalue weighted by molar-refractivity contribution is -0.385. The highest BCUT2D eigenvalue weighted by molar-refractivity contribution is 6.31. The molecule has 0 aliphatic heterocycles. The topological polar surface area (TPSA) is 105 Å². The Labute approximate surface area is 170 Å². The van der Waals surface area contributed by atoms with Crippen LogP contribution in [0.4, 0.5) is 11.4 Å². The van der Waals surface area contributed by atoms with Crippen LogP contribution in [0.2, 0.25) is 5.02 Å². The van der Waals surface area contributed by atoms with E-state index in [1.54, 1.807) is 24.3 Å². The number of oxazole rings is 1. The van der Waals surface area contributed by atoms with Crippen LogP contribution in [0.25, 0.3) is 22.6 Å². The van der Waals surface area contributed by atoms with E-state index in [4.69, 9.17) is 16.0 Å². The van der Waals surface area contributed by atoms with Crippen LogP contribution < -0.4 is 5.11 Å². The summed E-state index contributed by atoms with van der Waals surface area (Å²) in [7, 11) is 0. The number of nitrogens with zero attached hydrogens (tertiary/aromatic N) is 3. The van der Waals surface area contributed by atoms with E-state index >= 15 is 0 Å². The van der Waals surface area contributed by atoms with E-state index in [9.17, 15) is 15.2 Å². The van der Waals surface area contributed by atoms with Crippen molar-refractivity contribution >= 4 is 40.3 Å². The first kappa shape index (κ1) is 18.6. The van der Waals surface area contributed by atoms with Gasteiger partial charge in [-0.2, -0.15) is 0 Å². The maximum atomic E-state index is 12.0. The fourth-order valence-electron chi connectivity index (χ4n) is 2.79. The van der Waals surface area contributed by atoms with Crippen LogP contribution in [0, 0.1) is 17.0 Å². The third-order valence-corrected chi connectivity index (χ3v) is 4.59. The summed E-state index contributed by atoms with van der Waals surface area (Å²) in [5.41, 5.74) is 3.39. The molecule has 1 aromatic heterocycles. The maximum Gasteiger partial charge on any atom is 0.270 e. The second-order valence-corrected chi connectivity index (χ2v) is 6.81. The van der Waals surface area contributed by atoms with Gasteiger partial charge in [0.2, 0.25) is 5.89 Å². The zero-order valence-electron chi connectivity index (χ0n) is 15.1. The Hall–Kier alpha value is -3.71. The van der Waals surface area contributed by atoms with Gasteiger partial charge in [0.15, 0.2) is 5.58 Å². The average Bonchev–Trinajstić information content (AvgIpc) is 3.11. The molecule has 29 heavy (non-hydrogen) atoms. The predicted molar refractivity (Wildman–Crippen MR) is 109 cm³/mol. The third-order valence-electron chi connectivity index (χ3n) is 4.35. The van der Waals surface area contributed by atoms with Crippen LogP contribution in [0.3, 0.4) is 0 Å². The van der Waals surface area contributed by atoms with Crippen molar-refractivity contribution in [3.63, 3.8) is 0 Å². The van der Waals surface area contributed by atoms with E-state index < -0.39 is 4.92 Å². The molecule has 0 N–H and O–H groups in total. The Morgan fingerprint density at radius 3 is 2.76 bits per heavy atom. The minimum Gasteiger partial charge on any atom is -0.872 e. The zero-order valence-corrected chi connectivity index (χ0v) is 15.9. The molecule has 0 fully saturated rings. The molecule has 4 rings (SSSR count).